The fraction of sp³-hybridized carbons (Fsp3) is 0.423. The van der Waals surface area contributed by atoms with Crippen molar-refractivity contribution < 1.29 is 24.2 Å². The summed E-state index contributed by atoms with van der Waals surface area (Å²) in [5, 5.41) is 24.7. The van der Waals surface area contributed by atoms with Gasteiger partial charge in [0.2, 0.25) is 5.82 Å². The van der Waals surface area contributed by atoms with E-state index in [-0.39, 0.29) is 0 Å². The largest absolute Gasteiger partial charge is 0.492 e. The molecule has 0 atom stereocenters. The lowest BCUT2D eigenvalue weighted by Crippen LogP contribution is -2.34. The Bertz CT molecular complexity index is 1160. The van der Waals surface area contributed by atoms with Crippen molar-refractivity contribution in [2.24, 2.45) is 5.41 Å². The number of alkyl carbamates (subject to hydrolysis) is 1. The van der Waals surface area contributed by atoms with Gasteiger partial charge in [0.05, 0.1) is 18.5 Å². The van der Waals surface area contributed by atoms with Crippen molar-refractivity contribution in [1.82, 2.24) is 25.5 Å². The second-order valence-corrected chi connectivity index (χ2v) is 10.1. The number of aliphatic carboxylic acids is 1. The molecule has 0 radical (unpaired) electrons. The van der Waals surface area contributed by atoms with Crippen LogP contribution in [0.15, 0.2) is 48.5 Å². The average molecular weight is 496 g/mol. The molecule has 0 aliphatic rings. The first-order valence-electron chi connectivity index (χ1n) is 11.7. The zero-order valence-electron chi connectivity index (χ0n) is 21.3. The Labute approximate surface area is 210 Å². The van der Waals surface area contributed by atoms with Crippen molar-refractivity contribution in [2.75, 3.05) is 13.2 Å². The highest BCUT2D eigenvalue weighted by Gasteiger charge is 2.27. The number of carbonyl (C=O) groups is 2. The van der Waals surface area contributed by atoms with E-state index in [0.29, 0.717) is 37.7 Å². The molecule has 36 heavy (non-hydrogen) atoms. The molecule has 192 valence electrons. The van der Waals surface area contributed by atoms with Crippen molar-refractivity contribution in [3.05, 3.63) is 59.7 Å². The number of amides is 1. The number of aromatic nitrogens is 4. The minimum atomic E-state index is -0.833. The van der Waals surface area contributed by atoms with Crippen molar-refractivity contribution in [1.29, 1.82) is 0 Å². The highest BCUT2D eigenvalue weighted by molar-refractivity contribution is 5.74. The predicted molar refractivity (Wildman–Crippen MR) is 134 cm³/mol. The summed E-state index contributed by atoms with van der Waals surface area (Å²) in [4.78, 5) is 24.5. The molecular formula is C26H33N5O5. The van der Waals surface area contributed by atoms with Gasteiger partial charge in [-0.3, -0.25) is 4.79 Å². The summed E-state index contributed by atoms with van der Waals surface area (Å²) in [6.07, 6.45) is -0.0397. The maximum absolute atomic E-state index is 11.6. The van der Waals surface area contributed by atoms with Gasteiger partial charge < -0.3 is 19.9 Å². The van der Waals surface area contributed by atoms with Gasteiger partial charge >= 0.3 is 12.1 Å². The van der Waals surface area contributed by atoms with Gasteiger partial charge in [0.1, 0.15) is 18.0 Å². The average Bonchev–Trinajstić information content (AvgIpc) is 3.25. The van der Waals surface area contributed by atoms with Gasteiger partial charge in [-0.15, -0.1) is 10.2 Å². The van der Waals surface area contributed by atoms with Crippen molar-refractivity contribution >= 4 is 12.1 Å². The van der Waals surface area contributed by atoms with Gasteiger partial charge in [0.15, 0.2) is 0 Å². The Hall–Kier alpha value is -3.95. The van der Waals surface area contributed by atoms with E-state index in [1.165, 1.54) is 4.80 Å². The van der Waals surface area contributed by atoms with Crippen LogP contribution in [0, 0.1) is 5.41 Å². The van der Waals surface area contributed by atoms with E-state index in [1.807, 2.05) is 69.3 Å². The molecule has 2 N–H and O–H groups in total. The van der Waals surface area contributed by atoms with Crippen molar-refractivity contribution in [3.63, 3.8) is 0 Å². The molecule has 0 spiro atoms. The molecule has 0 saturated carbocycles. The van der Waals surface area contributed by atoms with Crippen LogP contribution in [-0.2, 0) is 22.5 Å². The number of hydrogen-bond donors (Lipinski definition) is 2. The number of nitrogens with zero attached hydrogens (tertiary/aromatic N) is 4. The van der Waals surface area contributed by atoms with Crippen molar-refractivity contribution in [2.45, 2.75) is 53.2 Å². The number of rotatable bonds is 10. The first-order valence-corrected chi connectivity index (χ1v) is 11.7. The summed E-state index contributed by atoms with van der Waals surface area (Å²) in [7, 11) is 0. The molecule has 10 heteroatoms. The molecule has 0 fully saturated rings. The minimum Gasteiger partial charge on any atom is -0.492 e. The maximum Gasteiger partial charge on any atom is 0.407 e. The molecule has 3 aromatic rings. The zero-order valence-corrected chi connectivity index (χ0v) is 21.3. The maximum atomic E-state index is 11.6. The fourth-order valence-corrected chi connectivity index (χ4v) is 3.27. The third kappa shape index (κ3) is 8.07. The summed E-state index contributed by atoms with van der Waals surface area (Å²) in [6, 6.07) is 15.1. The van der Waals surface area contributed by atoms with Crippen molar-refractivity contribution in [3.8, 4) is 17.1 Å². The number of hydrogen-bond acceptors (Lipinski definition) is 7. The summed E-state index contributed by atoms with van der Waals surface area (Å²) in [5.74, 6) is 0.352. The van der Waals surface area contributed by atoms with E-state index in [9.17, 15) is 14.7 Å². The van der Waals surface area contributed by atoms with Crippen LogP contribution in [0.5, 0.6) is 5.75 Å². The van der Waals surface area contributed by atoms with Crippen LogP contribution >= 0.6 is 0 Å². The van der Waals surface area contributed by atoms with Gasteiger partial charge in [-0.25, -0.2) is 4.79 Å². The van der Waals surface area contributed by atoms with E-state index in [2.05, 4.69) is 20.7 Å². The van der Waals surface area contributed by atoms with Crippen LogP contribution in [-0.4, -0.2) is 56.1 Å². The first-order chi connectivity index (χ1) is 16.9. The van der Waals surface area contributed by atoms with Gasteiger partial charge in [-0.05, 0) is 69.5 Å². The van der Waals surface area contributed by atoms with E-state index in [4.69, 9.17) is 9.47 Å². The molecule has 2 aromatic carbocycles. The summed E-state index contributed by atoms with van der Waals surface area (Å²) in [6.45, 7) is 9.94. The number of ether oxygens (including phenoxy) is 2. The van der Waals surface area contributed by atoms with Crippen LogP contribution in [0.3, 0.4) is 0 Å². The summed E-state index contributed by atoms with van der Waals surface area (Å²) < 4.78 is 10.8. The number of carboxylic acids is 1. The van der Waals surface area contributed by atoms with Gasteiger partial charge in [-0.2, -0.15) is 4.80 Å². The third-order valence-corrected chi connectivity index (χ3v) is 5.18. The lowest BCUT2D eigenvalue weighted by atomic mass is 9.86. The first kappa shape index (κ1) is 26.7. The molecule has 0 aliphatic carbocycles. The summed E-state index contributed by atoms with van der Waals surface area (Å²) >= 11 is 0. The summed E-state index contributed by atoms with van der Waals surface area (Å²) in [5.41, 5.74) is 1.35. The molecule has 0 unspecified atom stereocenters. The van der Waals surface area contributed by atoms with Crippen LogP contribution < -0.4 is 10.1 Å². The van der Waals surface area contributed by atoms with Crippen LogP contribution in [0.4, 0.5) is 4.79 Å². The Morgan fingerprint density at radius 1 is 0.972 bits per heavy atom. The molecule has 0 bridgehead atoms. The monoisotopic (exact) mass is 495 g/mol. The van der Waals surface area contributed by atoms with E-state index in [0.717, 1.165) is 16.7 Å². The van der Waals surface area contributed by atoms with Crippen LogP contribution in [0.25, 0.3) is 11.4 Å². The number of carbonyl (C=O) groups excluding carboxylic acids is 1. The predicted octanol–water partition coefficient (Wildman–Crippen LogP) is 3.95. The molecule has 1 aromatic heterocycles. The normalized spacial score (nSPS) is 11.7. The fourth-order valence-electron chi connectivity index (χ4n) is 3.27. The molecule has 1 heterocycles. The van der Waals surface area contributed by atoms with Crippen LogP contribution in [0.2, 0.25) is 0 Å². The van der Waals surface area contributed by atoms with E-state index in [1.54, 1.807) is 13.8 Å². The molecule has 10 nitrogen and oxygen atoms in total. The van der Waals surface area contributed by atoms with E-state index >= 15 is 0 Å². The third-order valence-electron chi connectivity index (χ3n) is 5.18. The Morgan fingerprint density at radius 3 is 2.22 bits per heavy atom. The lowest BCUT2D eigenvalue weighted by Gasteiger charge is -2.19. The quantitative estimate of drug-likeness (QED) is 0.405. The molecule has 0 saturated heterocycles. The molecule has 0 aliphatic heterocycles. The minimum absolute atomic E-state index is 0.319. The number of carboxylic acid groups (broad SMARTS) is 1. The Morgan fingerprint density at radius 2 is 1.61 bits per heavy atom. The van der Waals surface area contributed by atoms with Crippen LogP contribution in [0.1, 0.15) is 45.7 Å². The Kier molecular flexibility index (Phi) is 8.29. The highest BCUT2D eigenvalue weighted by Crippen LogP contribution is 2.24. The van der Waals surface area contributed by atoms with Gasteiger partial charge in [0.25, 0.3) is 0 Å². The lowest BCUT2D eigenvalue weighted by molar-refractivity contribution is -0.146. The SMILES string of the molecule is CC(C)(C)OC(=O)NCCOc1ccc(Cn2nnc(-c3ccc(CC(C)(C)C(=O)O)cc3)n2)cc1. The van der Waals surface area contributed by atoms with Gasteiger partial charge in [-0.1, -0.05) is 36.4 Å². The number of benzene rings is 2. The zero-order chi connectivity index (χ0) is 26.3. The van der Waals surface area contributed by atoms with Gasteiger partial charge in [0, 0.05) is 5.56 Å². The molecule has 1 amide bonds. The topological polar surface area (TPSA) is 128 Å². The standard InChI is InChI=1S/C26H33N5O5/c1-25(2,3)36-24(34)27-14-15-35-21-12-8-19(9-13-21)17-31-29-22(28-30-31)20-10-6-18(7-11-20)16-26(4,5)23(32)33/h6-13H,14-17H2,1-5H3,(H,27,34)(H,32,33). The second-order valence-electron chi connectivity index (χ2n) is 10.1. The smallest absolute Gasteiger partial charge is 0.407 e. The Balaban J connectivity index is 1.49. The second kappa shape index (κ2) is 11.2. The number of nitrogens with one attached hydrogen (secondary N) is 1. The highest BCUT2D eigenvalue weighted by atomic mass is 16.6. The molecule has 3 rings (SSSR count). The number of tetrazole rings is 1. The molecular weight excluding hydrogens is 462 g/mol. The van der Waals surface area contributed by atoms with E-state index < -0.39 is 23.1 Å².